The van der Waals surface area contributed by atoms with E-state index in [9.17, 15) is 4.79 Å². The topological polar surface area (TPSA) is 50.4 Å². The van der Waals surface area contributed by atoms with Crippen molar-refractivity contribution in [2.24, 2.45) is 0 Å². The molecule has 23 heavy (non-hydrogen) atoms. The number of nitrogens with one attached hydrogen (secondary N) is 2. The third-order valence-corrected chi connectivity index (χ3v) is 3.48. The fraction of sp³-hybridized carbons (Fsp3) is 0.278. The highest BCUT2D eigenvalue weighted by Gasteiger charge is 2.00. The van der Waals surface area contributed by atoms with Crippen molar-refractivity contribution in [3.63, 3.8) is 0 Å². The van der Waals surface area contributed by atoms with E-state index in [1.54, 1.807) is 0 Å². The van der Waals surface area contributed by atoms with Crippen LogP contribution in [-0.4, -0.2) is 25.7 Å². The number of hydrogen-bond donors (Lipinski definition) is 2. The second-order valence-electron chi connectivity index (χ2n) is 5.07. The molecule has 0 fully saturated rings. The summed E-state index contributed by atoms with van der Waals surface area (Å²) in [5.74, 6) is 0.847. The largest absolute Gasteiger partial charge is 0.494 e. The van der Waals surface area contributed by atoms with Gasteiger partial charge < -0.3 is 15.4 Å². The van der Waals surface area contributed by atoms with Gasteiger partial charge in [-0.2, -0.15) is 0 Å². The van der Waals surface area contributed by atoms with E-state index >= 15 is 0 Å². The van der Waals surface area contributed by atoms with E-state index < -0.39 is 0 Å². The second-order valence-corrected chi connectivity index (χ2v) is 5.51. The van der Waals surface area contributed by atoms with E-state index in [2.05, 4.69) is 10.6 Å². The van der Waals surface area contributed by atoms with Gasteiger partial charge in [0.05, 0.1) is 6.61 Å². The van der Waals surface area contributed by atoms with Gasteiger partial charge in [-0.25, -0.2) is 4.79 Å². The first-order chi connectivity index (χ1) is 11.2. The van der Waals surface area contributed by atoms with Crippen LogP contribution >= 0.6 is 11.6 Å². The number of benzene rings is 2. The number of para-hydroxylation sites is 1. The number of rotatable bonds is 8. The first-order valence-corrected chi connectivity index (χ1v) is 8.06. The Morgan fingerprint density at radius 1 is 0.957 bits per heavy atom. The quantitative estimate of drug-likeness (QED) is 0.725. The van der Waals surface area contributed by atoms with Gasteiger partial charge in [-0.15, -0.1) is 0 Å². The lowest BCUT2D eigenvalue weighted by atomic mass is 10.1. The Hall–Kier alpha value is -2.20. The standard InChI is InChI=1S/C18H21ClN2O2/c19-16-9-7-15(8-10-16)11-13-21-18(22)20-12-4-14-23-17-5-2-1-3-6-17/h1-3,5-10H,4,11-14H2,(H2,20,21,22). The number of halogens is 1. The lowest BCUT2D eigenvalue weighted by molar-refractivity contribution is 0.239. The Labute approximate surface area is 141 Å². The molecule has 2 rings (SSSR count). The van der Waals surface area contributed by atoms with E-state index in [1.807, 2.05) is 54.6 Å². The smallest absolute Gasteiger partial charge is 0.314 e. The highest BCUT2D eigenvalue weighted by molar-refractivity contribution is 6.30. The molecule has 2 N–H and O–H groups in total. The van der Waals surface area contributed by atoms with Gasteiger partial charge in [0.1, 0.15) is 5.75 Å². The minimum atomic E-state index is -0.154. The van der Waals surface area contributed by atoms with E-state index in [1.165, 1.54) is 0 Å². The summed E-state index contributed by atoms with van der Waals surface area (Å²) < 4.78 is 5.55. The average molecular weight is 333 g/mol. The van der Waals surface area contributed by atoms with Crippen molar-refractivity contribution in [3.8, 4) is 5.75 Å². The van der Waals surface area contributed by atoms with Gasteiger partial charge in [0.15, 0.2) is 0 Å². The summed E-state index contributed by atoms with van der Waals surface area (Å²) in [6, 6.07) is 17.1. The van der Waals surface area contributed by atoms with Crippen LogP contribution in [0.25, 0.3) is 0 Å². The summed E-state index contributed by atoms with van der Waals surface area (Å²) in [6.07, 6.45) is 1.54. The molecule has 0 unspecified atom stereocenters. The fourth-order valence-electron chi connectivity index (χ4n) is 2.01. The zero-order valence-electron chi connectivity index (χ0n) is 12.9. The molecule has 2 aromatic carbocycles. The summed E-state index contributed by atoms with van der Waals surface area (Å²) in [4.78, 5) is 11.6. The molecule has 0 aromatic heterocycles. The van der Waals surface area contributed by atoms with Crippen LogP contribution in [0.1, 0.15) is 12.0 Å². The monoisotopic (exact) mass is 332 g/mol. The molecule has 5 heteroatoms. The predicted molar refractivity (Wildman–Crippen MR) is 93.1 cm³/mol. The summed E-state index contributed by atoms with van der Waals surface area (Å²) in [5, 5.41) is 6.36. The summed E-state index contributed by atoms with van der Waals surface area (Å²) in [5.41, 5.74) is 1.14. The molecule has 0 aliphatic heterocycles. The van der Waals surface area contributed by atoms with Gasteiger partial charge in [-0.3, -0.25) is 0 Å². The maximum atomic E-state index is 11.6. The number of carbonyl (C=O) groups is 1. The number of ether oxygens (including phenoxy) is 1. The van der Waals surface area contributed by atoms with Crippen molar-refractivity contribution in [1.82, 2.24) is 10.6 Å². The van der Waals surface area contributed by atoms with Gasteiger partial charge in [0.2, 0.25) is 0 Å². The summed E-state index contributed by atoms with van der Waals surface area (Å²) in [6.45, 7) is 1.75. The summed E-state index contributed by atoms with van der Waals surface area (Å²) >= 11 is 5.83. The van der Waals surface area contributed by atoms with Crippen LogP contribution in [0.3, 0.4) is 0 Å². The van der Waals surface area contributed by atoms with Crippen LogP contribution in [0.4, 0.5) is 4.79 Å². The molecular weight excluding hydrogens is 312 g/mol. The Morgan fingerprint density at radius 2 is 1.65 bits per heavy atom. The maximum Gasteiger partial charge on any atom is 0.314 e. The minimum Gasteiger partial charge on any atom is -0.494 e. The molecule has 4 nitrogen and oxygen atoms in total. The average Bonchev–Trinajstić information content (AvgIpc) is 2.57. The molecule has 2 amide bonds. The SMILES string of the molecule is O=C(NCCCOc1ccccc1)NCCc1ccc(Cl)cc1. The lowest BCUT2D eigenvalue weighted by Gasteiger charge is -2.09. The highest BCUT2D eigenvalue weighted by Crippen LogP contribution is 2.09. The number of carbonyl (C=O) groups excluding carboxylic acids is 1. The molecule has 0 aliphatic rings. The number of amides is 2. The maximum absolute atomic E-state index is 11.6. The van der Waals surface area contributed by atoms with Crippen LogP contribution < -0.4 is 15.4 Å². The molecule has 2 aromatic rings. The van der Waals surface area contributed by atoms with Crippen molar-refractivity contribution >= 4 is 17.6 Å². The van der Waals surface area contributed by atoms with Gasteiger partial charge >= 0.3 is 6.03 Å². The third kappa shape index (κ3) is 7.06. The highest BCUT2D eigenvalue weighted by atomic mass is 35.5. The molecule has 0 heterocycles. The summed E-state index contributed by atoms with van der Waals surface area (Å²) in [7, 11) is 0. The van der Waals surface area contributed by atoms with Gasteiger partial charge in [0, 0.05) is 18.1 Å². The Balaban J connectivity index is 1.51. The Bertz CT molecular complexity index is 588. The van der Waals surface area contributed by atoms with Crippen LogP contribution in [0.5, 0.6) is 5.75 Å². The first kappa shape index (κ1) is 17.2. The van der Waals surface area contributed by atoms with Gasteiger partial charge in [-0.05, 0) is 42.7 Å². The molecular formula is C18H21ClN2O2. The van der Waals surface area contributed by atoms with Crippen LogP contribution in [0.2, 0.25) is 5.02 Å². The molecule has 0 spiro atoms. The Kier molecular flexibility index (Phi) is 7.27. The van der Waals surface area contributed by atoms with Crippen molar-refractivity contribution in [1.29, 1.82) is 0 Å². The minimum absolute atomic E-state index is 0.154. The second kappa shape index (κ2) is 9.74. The third-order valence-electron chi connectivity index (χ3n) is 3.23. The molecule has 0 saturated carbocycles. The molecule has 0 aliphatic carbocycles. The molecule has 122 valence electrons. The molecule has 0 saturated heterocycles. The first-order valence-electron chi connectivity index (χ1n) is 7.68. The Morgan fingerprint density at radius 3 is 2.39 bits per heavy atom. The van der Waals surface area contributed by atoms with Crippen molar-refractivity contribution in [2.45, 2.75) is 12.8 Å². The van der Waals surface area contributed by atoms with E-state index in [0.717, 1.165) is 29.2 Å². The number of urea groups is 1. The molecule has 0 bridgehead atoms. The lowest BCUT2D eigenvalue weighted by Crippen LogP contribution is -2.37. The zero-order chi connectivity index (χ0) is 16.3. The predicted octanol–water partition coefficient (Wildman–Crippen LogP) is 3.65. The van der Waals surface area contributed by atoms with Gasteiger partial charge in [0.25, 0.3) is 0 Å². The van der Waals surface area contributed by atoms with Crippen molar-refractivity contribution in [2.75, 3.05) is 19.7 Å². The van der Waals surface area contributed by atoms with Gasteiger partial charge in [-0.1, -0.05) is 41.9 Å². The van der Waals surface area contributed by atoms with Crippen molar-refractivity contribution < 1.29 is 9.53 Å². The van der Waals surface area contributed by atoms with E-state index in [-0.39, 0.29) is 6.03 Å². The van der Waals surface area contributed by atoms with Crippen LogP contribution in [0.15, 0.2) is 54.6 Å². The van der Waals surface area contributed by atoms with Crippen LogP contribution in [-0.2, 0) is 6.42 Å². The molecule has 0 atom stereocenters. The normalized spacial score (nSPS) is 10.1. The molecule has 0 radical (unpaired) electrons. The van der Waals surface area contributed by atoms with E-state index in [0.29, 0.717) is 19.7 Å². The fourth-order valence-corrected chi connectivity index (χ4v) is 2.14. The van der Waals surface area contributed by atoms with E-state index in [4.69, 9.17) is 16.3 Å². The zero-order valence-corrected chi connectivity index (χ0v) is 13.7. The van der Waals surface area contributed by atoms with Crippen molar-refractivity contribution in [3.05, 3.63) is 65.2 Å². The van der Waals surface area contributed by atoms with Crippen LogP contribution in [0, 0.1) is 0 Å². The number of hydrogen-bond acceptors (Lipinski definition) is 2.